The van der Waals surface area contributed by atoms with Gasteiger partial charge in [0, 0.05) is 11.4 Å². The molecule has 0 bridgehead atoms. The molecule has 2 rings (SSSR count). The van der Waals surface area contributed by atoms with Crippen molar-refractivity contribution in [3.63, 3.8) is 0 Å². The Balaban J connectivity index is 2.69. The molecule has 2 heterocycles. The molecule has 0 N–H and O–H groups in total. The summed E-state index contributed by atoms with van der Waals surface area (Å²) in [7, 11) is 0. The lowest BCUT2D eigenvalue weighted by Gasteiger charge is -2.11. The Hall–Kier alpha value is -0.970. The van der Waals surface area contributed by atoms with E-state index in [0.717, 1.165) is 17.7 Å². The van der Waals surface area contributed by atoms with E-state index >= 15 is 0 Å². The maximum absolute atomic E-state index is 12.6. The highest BCUT2D eigenvalue weighted by Crippen LogP contribution is 2.06. The lowest BCUT2D eigenvalue weighted by molar-refractivity contribution is 0.0230. The van der Waals surface area contributed by atoms with Crippen LogP contribution in [-0.2, 0) is 0 Å². The molecule has 0 amide bonds. The van der Waals surface area contributed by atoms with Crippen molar-refractivity contribution in [1.29, 1.82) is 0 Å². The van der Waals surface area contributed by atoms with E-state index in [0.29, 0.717) is 9.75 Å². The van der Waals surface area contributed by atoms with Crippen molar-refractivity contribution in [2.45, 2.75) is 6.30 Å². The van der Waals surface area contributed by atoms with Crippen LogP contribution in [0.2, 0.25) is 0 Å². The smallest absolute Gasteiger partial charge is 0.216 e. The summed E-state index contributed by atoms with van der Waals surface area (Å²) < 4.78 is 29.5. The predicted molar refractivity (Wildman–Crippen MR) is 38.1 cm³/mol. The Bertz CT molecular complexity index is 338. The standard InChI is InChI=1S/C6H4F2N2S/c7-6-1-5-4(2-9-11-5)3-10(6)8/h1-3,6H. The average molecular weight is 174 g/mol. The summed E-state index contributed by atoms with van der Waals surface area (Å²) in [5.74, 6) is 0. The van der Waals surface area contributed by atoms with Gasteiger partial charge >= 0.3 is 0 Å². The highest BCUT2D eigenvalue weighted by molar-refractivity contribution is 7.03. The summed E-state index contributed by atoms with van der Waals surface area (Å²) in [5, 5.41) is 0.655. The van der Waals surface area contributed by atoms with Crippen LogP contribution in [0.25, 0.3) is 12.3 Å². The number of halogens is 2. The maximum atomic E-state index is 12.6. The first kappa shape index (κ1) is 6.72. The van der Waals surface area contributed by atoms with Crippen molar-refractivity contribution in [2.24, 2.45) is 0 Å². The summed E-state index contributed by atoms with van der Waals surface area (Å²) in [4.78, 5) is 0. The lowest BCUT2D eigenvalue weighted by atomic mass is 10.4. The van der Waals surface area contributed by atoms with Crippen LogP contribution >= 0.6 is 11.5 Å². The number of hydrogen-bond acceptors (Lipinski definition) is 3. The van der Waals surface area contributed by atoms with Crippen molar-refractivity contribution < 1.29 is 8.87 Å². The van der Waals surface area contributed by atoms with E-state index < -0.39 is 6.30 Å². The number of rotatable bonds is 0. The minimum Gasteiger partial charge on any atom is -0.216 e. The van der Waals surface area contributed by atoms with Gasteiger partial charge in [0.25, 0.3) is 0 Å². The zero-order valence-corrected chi connectivity index (χ0v) is 6.18. The van der Waals surface area contributed by atoms with Gasteiger partial charge in [-0.25, -0.2) is 4.39 Å². The molecular formula is C6H4F2N2S. The van der Waals surface area contributed by atoms with Crippen LogP contribution < -0.4 is 9.75 Å². The monoisotopic (exact) mass is 174 g/mol. The molecule has 0 saturated heterocycles. The number of aromatic nitrogens is 1. The topological polar surface area (TPSA) is 16.1 Å². The molecule has 1 aromatic heterocycles. The molecule has 0 aliphatic carbocycles. The first-order valence-corrected chi connectivity index (χ1v) is 3.77. The molecule has 11 heavy (non-hydrogen) atoms. The van der Waals surface area contributed by atoms with E-state index in [2.05, 4.69) is 4.37 Å². The van der Waals surface area contributed by atoms with Crippen LogP contribution in [0, 0.1) is 0 Å². The van der Waals surface area contributed by atoms with E-state index in [4.69, 9.17) is 0 Å². The molecule has 5 heteroatoms. The first-order valence-electron chi connectivity index (χ1n) is 3.00. The molecule has 0 saturated carbocycles. The Morgan fingerprint density at radius 2 is 2.45 bits per heavy atom. The minimum atomic E-state index is -1.66. The minimum absolute atomic E-state index is 0.0245. The molecule has 0 aromatic carbocycles. The van der Waals surface area contributed by atoms with Gasteiger partial charge in [-0.2, -0.15) is 9.50 Å². The second-order valence-corrected chi connectivity index (χ2v) is 2.99. The molecule has 1 aromatic rings. The predicted octanol–water partition coefficient (Wildman–Crippen LogP) is 0.157. The molecule has 0 radical (unpaired) electrons. The van der Waals surface area contributed by atoms with Gasteiger partial charge in [-0.05, 0) is 17.6 Å². The molecular weight excluding hydrogens is 170 g/mol. The third kappa shape index (κ3) is 1.01. The number of nitrogens with zero attached hydrogens (tertiary/aromatic N) is 2. The molecule has 0 fully saturated rings. The van der Waals surface area contributed by atoms with Crippen LogP contribution in [0.3, 0.4) is 0 Å². The van der Waals surface area contributed by atoms with Crippen LogP contribution in [0.4, 0.5) is 8.87 Å². The lowest BCUT2D eigenvalue weighted by Crippen LogP contribution is -2.32. The van der Waals surface area contributed by atoms with Gasteiger partial charge in [0.15, 0.2) is 0 Å². The maximum Gasteiger partial charge on any atom is 0.220 e. The van der Waals surface area contributed by atoms with Gasteiger partial charge in [-0.15, -0.1) is 0 Å². The normalized spacial score (nSPS) is 22.0. The van der Waals surface area contributed by atoms with Crippen LogP contribution in [0.15, 0.2) is 6.20 Å². The summed E-state index contributed by atoms with van der Waals surface area (Å²) in [6, 6.07) is 0. The second kappa shape index (κ2) is 2.27. The van der Waals surface area contributed by atoms with Gasteiger partial charge in [0.1, 0.15) is 0 Å². The number of fused-ring (bicyclic) bond motifs is 1. The molecule has 1 atom stereocenters. The van der Waals surface area contributed by atoms with Gasteiger partial charge in [0.05, 0.1) is 10.7 Å². The van der Waals surface area contributed by atoms with Gasteiger partial charge < -0.3 is 0 Å². The highest BCUT2D eigenvalue weighted by atomic mass is 32.1. The quantitative estimate of drug-likeness (QED) is 0.411. The fraction of sp³-hybridized carbons (Fsp3) is 0.167. The van der Waals surface area contributed by atoms with E-state index in [9.17, 15) is 8.87 Å². The zero-order chi connectivity index (χ0) is 7.84. The van der Waals surface area contributed by atoms with E-state index in [-0.39, 0.29) is 5.12 Å². The molecule has 1 aliphatic rings. The Kier molecular flexibility index (Phi) is 1.38. The van der Waals surface area contributed by atoms with Crippen molar-refractivity contribution in [3.8, 4) is 0 Å². The van der Waals surface area contributed by atoms with Crippen LogP contribution in [0.5, 0.6) is 0 Å². The van der Waals surface area contributed by atoms with Crippen LogP contribution in [0.1, 0.15) is 0 Å². The van der Waals surface area contributed by atoms with Gasteiger partial charge in [-0.1, -0.05) is 4.48 Å². The van der Waals surface area contributed by atoms with Crippen molar-refractivity contribution in [3.05, 3.63) is 15.9 Å². The van der Waals surface area contributed by atoms with E-state index in [1.165, 1.54) is 12.3 Å². The van der Waals surface area contributed by atoms with E-state index in [1.54, 1.807) is 0 Å². The third-order valence-corrected chi connectivity index (χ3v) is 2.19. The van der Waals surface area contributed by atoms with Crippen molar-refractivity contribution >= 4 is 23.8 Å². The highest BCUT2D eigenvalue weighted by Gasteiger charge is 2.14. The first-order chi connectivity index (χ1) is 5.27. The molecule has 0 spiro atoms. The Morgan fingerprint density at radius 1 is 1.64 bits per heavy atom. The van der Waals surface area contributed by atoms with Gasteiger partial charge in [-0.3, -0.25) is 0 Å². The van der Waals surface area contributed by atoms with Gasteiger partial charge in [0.2, 0.25) is 6.30 Å². The Morgan fingerprint density at radius 3 is 3.27 bits per heavy atom. The second-order valence-electron chi connectivity index (χ2n) is 2.16. The fourth-order valence-corrected chi connectivity index (χ4v) is 1.54. The molecule has 1 unspecified atom stereocenters. The van der Waals surface area contributed by atoms with Crippen LogP contribution in [-0.4, -0.2) is 15.8 Å². The summed E-state index contributed by atoms with van der Waals surface area (Å²) in [5.41, 5.74) is 0. The summed E-state index contributed by atoms with van der Waals surface area (Å²) >= 11 is 1.16. The summed E-state index contributed by atoms with van der Waals surface area (Å²) in [6.07, 6.45) is 2.15. The molecule has 58 valence electrons. The summed E-state index contributed by atoms with van der Waals surface area (Å²) in [6.45, 7) is 0. The zero-order valence-electron chi connectivity index (χ0n) is 5.37. The largest absolute Gasteiger partial charge is 0.220 e. The SMILES string of the molecule is FC1C=c2sncc2=CN1F. The third-order valence-electron chi connectivity index (χ3n) is 1.41. The molecule has 1 aliphatic heterocycles. The van der Waals surface area contributed by atoms with E-state index in [1.807, 2.05) is 0 Å². The fourth-order valence-electron chi connectivity index (χ4n) is 0.880. The number of alkyl halides is 1. The van der Waals surface area contributed by atoms with Crippen molar-refractivity contribution in [1.82, 2.24) is 9.50 Å². The Labute approximate surface area is 65.2 Å². The number of hydrogen-bond donors (Lipinski definition) is 0. The average Bonchev–Trinajstić information content (AvgIpc) is 2.36. The van der Waals surface area contributed by atoms with Crippen molar-refractivity contribution in [2.75, 3.05) is 0 Å². The molecule has 2 nitrogen and oxygen atoms in total.